The second-order valence-electron chi connectivity index (χ2n) is 8.32. The van der Waals surface area contributed by atoms with Crippen LogP contribution in [-0.2, 0) is 13.0 Å². The molecule has 0 aromatic heterocycles. The molecule has 1 heterocycles. The minimum absolute atomic E-state index is 0.0180. The van der Waals surface area contributed by atoms with Crippen LogP contribution < -0.4 is 0 Å². The molecule has 0 unspecified atom stereocenters. The van der Waals surface area contributed by atoms with E-state index in [1.165, 1.54) is 16.7 Å². The van der Waals surface area contributed by atoms with Crippen molar-refractivity contribution in [3.63, 3.8) is 0 Å². The van der Waals surface area contributed by atoms with Crippen molar-refractivity contribution >= 4 is 12.0 Å². The highest BCUT2D eigenvalue weighted by molar-refractivity contribution is 5.83. The normalized spacial score (nSPS) is 18.2. The SMILES string of the molecule is C=Cc1ccc(CN2C[C@@H](c3ccccc3)N(C)C2=N[C@H](CO)Cc2ccccc2)cc1. The molecule has 0 bridgehead atoms. The van der Waals surface area contributed by atoms with Crippen LogP contribution in [0.4, 0.5) is 0 Å². The molecule has 0 aliphatic carbocycles. The van der Waals surface area contributed by atoms with Crippen molar-refractivity contribution in [2.75, 3.05) is 20.2 Å². The Morgan fingerprint density at radius 3 is 2.25 bits per heavy atom. The molecule has 1 saturated heterocycles. The van der Waals surface area contributed by atoms with E-state index in [1.807, 2.05) is 30.3 Å². The fourth-order valence-corrected chi connectivity index (χ4v) is 4.27. The van der Waals surface area contributed by atoms with Crippen LogP contribution in [0.1, 0.15) is 28.3 Å². The number of rotatable bonds is 8. The van der Waals surface area contributed by atoms with E-state index in [-0.39, 0.29) is 18.7 Å². The summed E-state index contributed by atoms with van der Waals surface area (Å²) in [7, 11) is 2.11. The molecule has 1 fully saturated rings. The molecule has 4 nitrogen and oxygen atoms in total. The average Bonchev–Trinajstić information content (AvgIpc) is 3.15. The van der Waals surface area contributed by atoms with Crippen LogP contribution in [0.5, 0.6) is 0 Å². The van der Waals surface area contributed by atoms with Crippen LogP contribution in [0.3, 0.4) is 0 Å². The molecule has 3 aromatic carbocycles. The van der Waals surface area contributed by atoms with Crippen LogP contribution in [0.25, 0.3) is 6.08 Å². The summed E-state index contributed by atoms with van der Waals surface area (Å²) in [4.78, 5) is 9.64. The number of nitrogens with zero attached hydrogens (tertiary/aromatic N) is 3. The Balaban J connectivity index is 1.62. The number of hydrogen-bond acceptors (Lipinski definition) is 2. The van der Waals surface area contributed by atoms with Gasteiger partial charge in [-0.2, -0.15) is 0 Å². The smallest absolute Gasteiger partial charge is 0.197 e. The molecule has 0 amide bonds. The molecular formula is C28H31N3O. The standard InChI is InChI=1S/C28H31N3O/c1-3-22-14-16-24(17-15-22)19-31-20-27(25-12-8-5-9-13-25)30(2)28(31)29-26(21-32)18-23-10-6-4-7-11-23/h3-17,26-27,32H,1,18-21H2,2H3/t26-,27-/m0/s1. The van der Waals surface area contributed by atoms with Crippen LogP contribution in [0.2, 0.25) is 0 Å². The molecule has 1 aliphatic rings. The minimum atomic E-state index is -0.185. The maximum atomic E-state index is 10.1. The van der Waals surface area contributed by atoms with Crippen LogP contribution in [0, 0.1) is 0 Å². The van der Waals surface area contributed by atoms with E-state index in [9.17, 15) is 5.11 Å². The Morgan fingerprint density at radius 2 is 1.62 bits per heavy atom. The molecule has 1 N–H and O–H groups in total. The van der Waals surface area contributed by atoms with Crippen molar-refractivity contribution in [1.29, 1.82) is 0 Å². The topological polar surface area (TPSA) is 39.1 Å². The lowest BCUT2D eigenvalue weighted by Gasteiger charge is -2.24. The van der Waals surface area contributed by atoms with E-state index in [1.54, 1.807) is 0 Å². The van der Waals surface area contributed by atoms with Gasteiger partial charge in [-0.15, -0.1) is 0 Å². The highest BCUT2D eigenvalue weighted by atomic mass is 16.3. The summed E-state index contributed by atoms with van der Waals surface area (Å²) in [5.74, 6) is 0.932. The van der Waals surface area contributed by atoms with Gasteiger partial charge in [0.2, 0.25) is 0 Å². The first-order valence-electron chi connectivity index (χ1n) is 11.1. The number of benzene rings is 3. The quantitative estimate of drug-likeness (QED) is 0.565. The highest BCUT2D eigenvalue weighted by Gasteiger charge is 2.34. The number of aliphatic hydroxyl groups excluding tert-OH is 1. The fraction of sp³-hybridized carbons (Fsp3) is 0.250. The number of hydrogen-bond donors (Lipinski definition) is 1. The van der Waals surface area contributed by atoms with Crippen LogP contribution >= 0.6 is 0 Å². The summed E-state index contributed by atoms with van der Waals surface area (Å²) in [5.41, 5.74) is 4.80. The van der Waals surface area contributed by atoms with Crippen molar-refractivity contribution in [1.82, 2.24) is 9.80 Å². The average molecular weight is 426 g/mol. The Morgan fingerprint density at radius 1 is 0.969 bits per heavy atom. The molecule has 164 valence electrons. The van der Waals surface area contributed by atoms with Crippen molar-refractivity contribution < 1.29 is 5.11 Å². The Bertz CT molecular complexity index is 1030. The third-order valence-electron chi connectivity index (χ3n) is 6.06. The summed E-state index contributed by atoms with van der Waals surface area (Å²) in [6.07, 6.45) is 2.58. The lowest BCUT2D eigenvalue weighted by molar-refractivity contribution is 0.264. The molecule has 2 atom stereocenters. The third-order valence-corrected chi connectivity index (χ3v) is 6.06. The van der Waals surface area contributed by atoms with Crippen molar-refractivity contribution in [2.45, 2.75) is 25.0 Å². The van der Waals surface area contributed by atoms with E-state index in [2.05, 4.69) is 84.1 Å². The van der Waals surface area contributed by atoms with Gasteiger partial charge in [0.1, 0.15) is 0 Å². The van der Waals surface area contributed by atoms with E-state index >= 15 is 0 Å². The second kappa shape index (κ2) is 10.3. The zero-order chi connectivity index (χ0) is 22.3. The van der Waals surface area contributed by atoms with Crippen molar-refractivity contribution in [3.8, 4) is 0 Å². The Labute approximate surface area is 191 Å². The lowest BCUT2D eigenvalue weighted by Crippen LogP contribution is -2.34. The van der Waals surface area contributed by atoms with E-state index in [0.717, 1.165) is 24.6 Å². The molecule has 32 heavy (non-hydrogen) atoms. The number of guanidine groups is 1. The van der Waals surface area contributed by atoms with Gasteiger partial charge in [-0.1, -0.05) is 97.6 Å². The highest BCUT2D eigenvalue weighted by Crippen LogP contribution is 2.30. The molecule has 3 aromatic rings. The van der Waals surface area contributed by atoms with Crippen molar-refractivity contribution in [3.05, 3.63) is 114 Å². The summed E-state index contributed by atoms with van der Waals surface area (Å²) >= 11 is 0. The number of likely N-dealkylation sites (N-methyl/N-ethyl adjacent to an activating group) is 1. The fourth-order valence-electron chi connectivity index (χ4n) is 4.27. The van der Waals surface area contributed by atoms with E-state index in [0.29, 0.717) is 6.42 Å². The van der Waals surface area contributed by atoms with Crippen LogP contribution in [0.15, 0.2) is 96.5 Å². The van der Waals surface area contributed by atoms with Gasteiger partial charge in [-0.25, -0.2) is 4.99 Å². The molecular weight excluding hydrogens is 394 g/mol. The van der Waals surface area contributed by atoms with Crippen LogP contribution in [-0.4, -0.2) is 47.1 Å². The molecule has 0 saturated carbocycles. The monoisotopic (exact) mass is 425 g/mol. The van der Waals surface area contributed by atoms with Crippen molar-refractivity contribution in [2.24, 2.45) is 4.99 Å². The Kier molecular flexibility index (Phi) is 7.03. The molecule has 4 rings (SSSR count). The molecule has 4 heteroatoms. The summed E-state index contributed by atoms with van der Waals surface area (Å²) < 4.78 is 0. The van der Waals surface area contributed by atoms with Gasteiger partial charge in [0.05, 0.1) is 18.7 Å². The number of aliphatic hydroxyl groups is 1. The van der Waals surface area contributed by atoms with Gasteiger partial charge in [0.15, 0.2) is 5.96 Å². The maximum Gasteiger partial charge on any atom is 0.197 e. The summed E-state index contributed by atoms with van der Waals surface area (Å²) in [6.45, 7) is 5.49. The van der Waals surface area contributed by atoms with E-state index < -0.39 is 0 Å². The zero-order valence-electron chi connectivity index (χ0n) is 18.6. The first kappa shape index (κ1) is 21.8. The Hall–Kier alpha value is -3.37. The summed E-state index contributed by atoms with van der Waals surface area (Å²) in [6, 6.07) is 29.4. The largest absolute Gasteiger partial charge is 0.394 e. The van der Waals surface area contributed by atoms with Gasteiger partial charge in [-0.3, -0.25) is 0 Å². The maximum absolute atomic E-state index is 10.1. The van der Waals surface area contributed by atoms with Gasteiger partial charge >= 0.3 is 0 Å². The first-order chi connectivity index (χ1) is 15.7. The summed E-state index contributed by atoms with van der Waals surface area (Å²) in [5, 5.41) is 10.1. The molecule has 1 aliphatic heterocycles. The van der Waals surface area contributed by atoms with Gasteiger partial charge in [0.25, 0.3) is 0 Å². The molecule has 0 radical (unpaired) electrons. The minimum Gasteiger partial charge on any atom is -0.394 e. The van der Waals surface area contributed by atoms with Gasteiger partial charge in [0, 0.05) is 20.1 Å². The first-order valence-corrected chi connectivity index (χ1v) is 11.1. The zero-order valence-corrected chi connectivity index (χ0v) is 18.6. The van der Waals surface area contributed by atoms with Gasteiger partial charge < -0.3 is 14.9 Å². The third kappa shape index (κ3) is 5.09. The predicted octanol–water partition coefficient (Wildman–Crippen LogP) is 4.78. The van der Waals surface area contributed by atoms with Gasteiger partial charge in [-0.05, 0) is 28.7 Å². The predicted molar refractivity (Wildman–Crippen MR) is 132 cm³/mol. The van der Waals surface area contributed by atoms with E-state index in [4.69, 9.17) is 4.99 Å². The molecule has 0 spiro atoms. The lowest BCUT2D eigenvalue weighted by atomic mass is 10.1. The second-order valence-corrected chi connectivity index (χ2v) is 8.32. The number of aliphatic imine (C=N–C) groups is 1.